The van der Waals surface area contributed by atoms with Gasteiger partial charge in [-0.3, -0.25) is 15.5 Å². The van der Waals surface area contributed by atoms with Crippen molar-refractivity contribution in [1.82, 2.24) is 15.2 Å². The fourth-order valence-electron chi connectivity index (χ4n) is 3.07. The molecule has 0 fully saturated rings. The second-order valence-electron chi connectivity index (χ2n) is 5.67. The molecule has 0 saturated carbocycles. The summed E-state index contributed by atoms with van der Waals surface area (Å²) in [7, 11) is 0. The van der Waals surface area contributed by atoms with Gasteiger partial charge in [-0.1, -0.05) is 18.2 Å². The summed E-state index contributed by atoms with van der Waals surface area (Å²) in [6, 6.07) is 14.3. The molecule has 2 atom stereocenters. The summed E-state index contributed by atoms with van der Waals surface area (Å²) >= 11 is 0. The largest absolute Gasteiger partial charge is 0.508 e. The summed E-state index contributed by atoms with van der Waals surface area (Å²) in [5.41, 5.74) is 2.80. The highest BCUT2D eigenvalue weighted by Gasteiger charge is 2.40. The Balaban J connectivity index is 1.94. The third-order valence-corrected chi connectivity index (χ3v) is 4.21. The van der Waals surface area contributed by atoms with E-state index in [0.717, 1.165) is 5.56 Å². The summed E-state index contributed by atoms with van der Waals surface area (Å²) in [5, 5.41) is 34.3. The number of phenols is 1. The Bertz CT molecular complexity index is 973. The highest BCUT2D eigenvalue weighted by Crippen LogP contribution is 2.45. The molecule has 25 heavy (non-hydrogen) atoms. The second kappa shape index (κ2) is 5.76. The minimum atomic E-state index is -0.794. The van der Waals surface area contributed by atoms with Crippen LogP contribution in [0.2, 0.25) is 0 Å². The summed E-state index contributed by atoms with van der Waals surface area (Å²) in [6.07, 6.45) is 1.67. The van der Waals surface area contributed by atoms with Crippen molar-refractivity contribution in [2.24, 2.45) is 5.92 Å². The van der Waals surface area contributed by atoms with Crippen molar-refractivity contribution in [1.29, 1.82) is 10.7 Å². The number of pyridine rings is 1. The molecule has 1 aliphatic rings. The number of ether oxygens (including phenoxy) is 1. The topological polar surface area (TPSA) is 119 Å². The Hall–Kier alpha value is -3.66. The van der Waals surface area contributed by atoms with Crippen molar-refractivity contribution in [2.75, 3.05) is 0 Å². The summed E-state index contributed by atoms with van der Waals surface area (Å²) in [6.45, 7) is 0. The first-order valence-electron chi connectivity index (χ1n) is 7.63. The predicted molar refractivity (Wildman–Crippen MR) is 89.2 cm³/mol. The minimum absolute atomic E-state index is 0.136. The molecule has 0 spiro atoms. The minimum Gasteiger partial charge on any atom is -0.508 e. The lowest BCUT2D eigenvalue weighted by atomic mass is 9.79. The van der Waals surface area contributed by atoms with E-state index in [1.165, 1.54) is 0 Å². The number of aromatic amines is 1. The van der Waals surface area contributed by atoms with Gasteiger partial charge >= 0.3 is 0 Å². The van der Waals surface area contributed by atoms with E-state index >= 15 is 0 Å². The zero-order chi connectivity index (χ0) is 17.4. The fourth-order valence-corrected chi connectivity index (χ4v) is 3.07. The van der Waals surface area contributed by atoms with Crippen LogP contribution in [-0.2, 0) is 0 Å². The number of benzene rings is 1. The van der Waals surface area contributed by atoms with E-state index in [9.17, 15) is 10.4 Å². The Kier molecular flexibility index (Phi) is 3.43. The molecule has 0 bridgehead atoms. The first-order valence-corrected chi connectivity index (χ1v) is 7.63. The van der Waals surface area contributed by atoms with Crippen molar-refractivity contribution < 1.29 is 9.84 Å². The van der Waals surface area contributed by atoms with Gasteiger partial charge in [-0.05, 0) is 29.8 Å². The molecule has 0 radical (unpaired) electrons. The summed E-state index contributed by atoms with van der Waals surface area (Å²) in [4.78, 5) is 4.34. The molecular weight excluding hydrogens is 318 g/mol. The van der Waals surface area contributed by atoms with Gasteiger partial charge in [-0.15, -0.1) is 5.10 Å². The van der Waals surface area contributed by atoms with Gasteiger partial charge in [0.1, 0.15) is 11.7 Å². The van der Waals surface area contributed by atoms with E-state index in [0.29, 0.717) is 17.0 Å². The van der Waals surface area contributed by atoms with Gasteiger partial charge in [0.15, 0.2) is 0 Å². The third-order valence-electron chi connectivity index (χ3n) is 4.21. The molecular formula is C18H13N5O2. The number of aromatic nitrogens is 3. The first kappa shape index (κ1) is 14.9. The number of H-pyrrole nitrogens is 1. The standard InChI is InChI=1S/C18H13N5O2/c19-9-12-14(10-4-6-11(24)7-5-10)15-16(13-3-1-2-8-21-13)22-23-18(15)25-17(12)20/h1-8,12,14,20,24H,(H,22,23). The van der Waals surface area contributed by atoms with Crippen LogP contribution in [0.4, 0.5) is 0 Å². The van der Waals surface area contributed by atoms with Crippen LogP contribution < -0.4 is 4.74 Å². The monoisotopic (exact) mass is 331 g/mol. The van der Waals surface area contributed by atoms with Gasteiger partial charge in [0, 0.05) is 12.1 Å². The van der Waals surface area contributed by atoms with Gasteiger partial charge < -0.3 is 9.84 Å². The van der Waals surface area contributed by atoms with Crippen LogP contribution in [-0.4, -0.2) is 26.2 Å². The van der Waals surface area contributed by atoms with Crippen LogP contribution in [0.15, 0.2) is 48.7 Å². The van der Waals surface area contributed by atoms with Gasteiger partial charge in [-0.25, -0.2) is 0 Å². The van der Waals surface area contributed by atoms with Crippen molar-refractivity contribution in [3.8, 4) is 29.1 Å². The number of nitrogens with zero attached hydrogens (tertiary/aromatic N) is 3. The molecule has 122 valence electrons. The lowest BCUT2D eigenvalue weighted by Crippen LogP contribution is -2.30. The van der Waals surface area contributed by atoms with Crippen molar-refractivity contribution in [3.05, 3.63) is 59.8 Å². The van der Waals surface area contributed by atoms with E-state index in [1.807, 2.05) is 18.2 Å². The number of nitrogens with one attached hydrogen (secondary N) is 2. The average Bonchev–Trinajstić information content (AvgIpc) is 3.05. The molecule has 1 aromatic carbocycles. The molecule has 0 amide bonds. The number of aromatic hydroxyl groups is 1. The van der Waals surface area contributed by atoms with Crippen LogP contribution >= 0.6 is 0 Å². The number of hydrogen-bond acceptors (Lipinski definition) is 6. The van der Waals surface area contributed by atoms with Gasteiger partial charge in [0.25, 0.3) is 0 Å². The summed E-state index contributed by atoms with van der Waals surface area (Å²) < 4.78 is 5.45. The fraction of sp³-hybridized carbons (Fsp3) is 0.111. The van der Waals surface area contributed by atoms with Crippen molar-refractivity contribution in [3.63, 3.8) is 0 Å². The van der Waals surface area contributed by atoms with Crippen LogP contribution in [0.5, 0.6) is 11.6 Å². The quantitative estimate of drug-likeness (QED) is 0.667. The number of fused-ring (bicyclic) bond motifs is 1. The molecule has 3 heterocycles. The van der Waals surface area contributed by atoms with E-state index in [2.05, 4.69) is 21.3 Å². The Labute approximate surface area is 143 Å². The molecule has 4 rings (SSSR count). The van der Waals surface area contributed by atoms with Crippen LogP contribution in [0, 0.1) is 22.7 Å². The average molecular weight is 331 g/mol. The molecule has 1 aliphatic heterocycles. The molecule has 0 saturated heterocycles. The van der Waals surface area contributed by atoms with Crippen molar-refractivity contribution >= 4 is 5.90 Å². The smallest absolute Gasteiger partial charge is 0.244 e. The number of nitriles is 1. The number of rotatable bonds is 2. The van der Waals surface area contributed by atoms with Gasteiger partial charge in [0.2, 0.25) is 11.8 Å². The normalized spacial score (nSPS) is 18.9. The Morgan fingerprint density at radius 3 is 2.68 bits per heavy atom. The lowest BCUT2D eigenvalue weighted by Gasteiger charge is -2.28. The van der Waals surface area contributed by atoms with E-state index in [1.54, 1.807) is 30.5 Å². The SMILES string of the molecule is N#CC1C(=N)Oc2n[nH]c(-c3ccccn3)c2C1c1ccc(O)cc1. The molecule has 7 heteroatoms. The van der Waals surface area contributed by atoms with Crippen molar-refractivity contribution in [2.45, 2.75) is 5.92 Å². The summed E-state index contributed by atoms with van der Waals surface area (Å²) in [5.74, 6) is -0.978. The maximum absolute atomic E-state index is 9.61. The Morgan fingerprint density at radius 2 is 2.00 bits per heavy atom. The van der Waals surface area contributed by atoms with Gasteiger partial charge in [-0.2, -0.15) is 5.26 Å². The maximum atomic E-state index is 9.61. The highest BCUT2D eigenvalue weighted by atomic mass is 16.5. The first-order chi connectivity index (χ1) is 12.2. The maximum Gasteiger partial charge on any atom is 0.244 e. The van der Waals surface area contributed by atoms with E-state index in [-0.39, 0.29) is 17.5 Å². The Morgan fingerprint density at radius 1 is 1.20 bits per heavy atom. The molecule has 0 aliphatic carbocycles. The highest BCUT2D eigenvalue weighted by molar-refractivity contribution is 5.86. The zero-order valence-corrected chi connectivity index (χ0v) is 13.0. The number of hydrogen-bond donors (Lipinski definition) is 3. The van der Waals surface area contributed by atoms with E-state index in [4.69, 9.17) is 10.1 Å². The molecule has 3 aromatic rings. The molecule has 3 N–H and O–H groups in total. The zero-order valence-electron chi connectivity index (χ0n) is 13.0. The van der Waals surface area contributed by atoms with Crippen LogP contribution in [0.3, 0.4) is 0 Å². The lowest BCUT2D eigenvalue weighted by molar-refractivity contribution is 0.436. The number of phenolic OH excluding ortho intramolecular Hbond substituents is 1. The van der Waals surface area contributed by atoms with Crippen LogP contribution in [0.25, 0.3) is 11.4 Å². The molecule has 2 unspecified atom stereocenters. The third kappa shape index (κ3) is 2.40. The molecule has 7 nitrogen and oxygen atoms in total. The second-order valence-corrected chi connectivity index (χ2v) is 5.67. The van der Waals surface area contributed by atoms with Crippen LogP contribution in [0.1, 0.15) is 17.0 Å². The van der Waals surface area contributed by atoms with Gasteiger partial charge in [0.05, 0.1) is 23.0 Å². The predicted octanol–water partition coefficient (Wildman–Crippen LogP) is 2.82. The molecule has 2 aromatic heterocycles. The van der Waals surface area contributed by atoms with E-state index < -0.39 is 11.8 Å².